The van der Waals surface area contributed by atoms with Gasteiger partial charge in [0.1, 0.15) is 6.61 Å². The van der Waals surface area contributed by atoms with Crippen molar-refractivity contribution in [2.45, 2.75) is 12.6 Å². The van der Waals surface area contributed by atoms with Crippen LogP contribution in [0.25, 0.3) is 0 Å². The quantitative estimate of drug-likeness (QED) is 0.615. The molecule has 0 spiro atoms. The fraction of sp³-hybridized carbons (Fsp3) is 0.125. The average Bonchev–Trinajstić information content (AvgIpc) is 2.55. The molecule has 0 fully saturated rings. The summed E-state index contributed by atoms with van der Waals surface area (Å²) in [5, 5.41) is 30.1. The van der Waals surface area contributed by atoms with Crippen molar-refractivity contribution in [2.24, 2.45) is 0 Å². The van der Waals surface area contributed by atoms with Crippen molar-refractivity contribution in [3.63, 3.8) is 0 Å². The number of phenolic OH excluding ortho intramolecular Hbond substituents is 2. The Morgan fingerprint density at radius 3 is 2.38 bits per heavy atom. The van der Waals surface area contributed by atoms with Gasteiger partial charge in [-0.2, -0.15) is 0 Å². The molecular formula is C16H14ClNO6. The lowest BCUT2D eigenvalue weighted by atomic mass is 10.1. The molecule has 8 heteroatoms. The predicted octanol–water partition coefficient (Wildman–Crippen LogP) is 2.80. The van der Waals surface area contributed by atoms with Crippen molar-refractivity contribution in [1.82, 2.24) is 5.32 Å². The third kappa shape index (κ3) is 4.30. The highest BCUT2D eigenvalue weighted by Crippen LogP contribution is 2.34. The fourth-order valence-electron chi connectivity index (χ4n) is 1.94. The largest absolute Gasteiger partial charge is 0.504 e. The number of halogens is 1. The topological polar surface area (TPSA) is 116 Å². The first-order valence-corrected chi connectivity index (χ1v) is 7.17. The molecule has 126 valence electrons. The number of rotatable bonds is 5. The van der Waals surface area contributed by atoms with Gasteiger partial charge in [-0.1, -0.05) is 41.9 Å². The first-order chi connectivity index (χ1) is 11.4. The number of aliphatic carboxylic acids is 1. The van der Waals surface area contributed by atoms with Gasteiger partial charge in [0.15, 0.2) is 17.5 Å². The molecule has 0 heterocycles. The van der Waals surface area contributed by atoms with E-state index < -0.39 is 29.6 Å². The zero-order valence-electron chi connectivity index (χ0n) is 12.3. The van der Waals surface area contributed by atoms with E-state index in [-0.39, 0.29) is 17.2 Å². The Balaban J connectivity index is 2.10. The van der Waals surface area contributed by atoms with E-state index in [2.05, 4.69) is 5.32 Å². The molecule has 1 atom stereocenters. The van der Waals surface area contributed by atoms with E-state index in [1.54, 1.807) is 24.3 Å². The van der Waals surface area contributed by atoms with Crippen molar-refractivity contribution < 1.29 is 29.6 Å². The van der Waals surface area contributed by atoms with E-state index in [1.807, 2.05) is 6.07 Å². The summed E-state index contributed by atoms with van der Waals surface area (Å²) >= 11 is 5.87. The number of carbonyl (C=O) groups is 2. The second kappa shape index (κ2) is 7.56. The molecule has 2 aromatic rings. The second-order valence-electron chi connectivity index (χ2n) is 4.84. The summed E-state index contributed by atoms with van der Waals surface area (Å²) in [6.45, 7) is -0.0342. The summed E-state index contributed by atoms with van der Waals surface area (Å²) in [5.74, 6) is -2.46. The monoisotopic (exact) mass is 351 g/mol. The Morgan fingerprint density at radius 1 is 1.12 bits per heavy atom. The Kier molecular flexibility index (Phi) is 5.49. The highest BCUT2D eigenvalue weighted by atomic mass is 35.5. The van der Waals surface area contributed by atoms with Crippen LogP contribution in [0, 0.1) is 0 Å². The highest BCUT2D eigenvalue weighted by Gasteiger charge is 2.26. The maximum atomic E-state index is 11.8. The standard InChI is InChI=1S/C16H14ClNO6/c17-11-7-13(20)12(19)6-10(11)14(15(21)22)18-16(23)24-8-9-4-2-1-3-5-9/h1-7,14,19-20H,8H2,(H,18,23)(H,21,22). The van der Waals surface area contributed by atoms with Crippen molar-refractivity contribution in [3.8, 4) is 11.5 Å². The third-order valence-electron chi connectivity index (χ3n) is 3.13. The van der Waals surface area contributed by atoms with E-state index in [0.29, 0.717) is 0 Å². The molecule has 0 saturated heterocycles. The summed E-state index contributed by atoms with van der Waals surface area (Å²) in [4.78, 5) is 23.2. The number of ether oxygens (including phenoxy) is 1. The minimum absolute atomic E-state index is 0.0342. The fourth-order valence-corrected chi connectivity index (χ4v) is 2.21. The molecule has 0 aromatic heterocycles. The average molecular weight is 352 g/mol. The number of carboxylic acids is 1. The Bertz CT molecular complexity index is 750. The van der Waals surface area contributed by atoms with Crippen molar-refractivity contribution in [3.05, 3.63) is 58.6 Å². The number of nitrogens with one attached hydrogen (secondary N) is 1. The maximum Gasteiger partial charge on any atom is 0.408 e. The molecule has 0 aliphatic rings. The number of hydrogen-bond donors (Lipinski definition) is 4. The first-order valence-electron chi connectivity index (χ1n) is 6.80. The van der Waals surface area contributed by atoms with Crippen molar-refractivity contribution in [2.75, 3.05) is 0 Å². The van der Waals surface area contributed by atoms with Gasteiger partial charge >= 0.3 is 12.1 Å². The molecule has 2 aromatic carbocycles. The van der Waals surface area contributed by atoms with Crippen LogP contribution in [0.2, 0.25) is 5.02 Å². The summed E-state index contributed by atoms with van der Waals surface area (Å²) < 4.78 is 4.96. The Labute approximate surface area is 142 Å². The van der Waals surface area contributed by atoms with Crippen LogP contribution in [0.15, 0.2) is 42.5 Å². The number of benzene rings is 2. The van der Waals surface area contributed by atoms with Crippen molar-refractivity contribution >= 4 is 23.7 Å². The van der Waals surface area contributed by atoms with Crippen molar-refractivity contribution in [1.29, 1.82) is 0 Å². The van der Waals surface area contributed by atoms with Gasteiger partial charge in [0.2, 0.25) is 0 Å². The van der Waals surface area contributed by atoms with Gasteiger partial charge in [0.05, 0.1) is 5.02 Å². The van der Waals surface area contributed by atoms with Crippen LogP contribution in [0.4, 0.5) is 4.79 Å². The van der Waals surface area contributed by atoms with Gasteiger partial charge in [-0.15, -0.1) is 0 Å². The SMILES string of the molecule is O=C(NC(C(=O)O)c1cc(O)c(O)cc1Cl)OCc1ccccc1. The minimum Gasteiger partial charge on any atom is -0.504 e. The lowest BCUT2D eigenvalue weighted by Gasteiger charge is -2.17. The van der Waals surface area contributed by atoms with Gasteiger partial charge in [-0.3, -0.25) is 0 Å². The molecular weight excluding hydrogens is 338 g/mol. The minimum atomic E-state index is -1.55. The lowest BCUT2D eigenvalue weighted by molar-refractivity contribution is -0.139. The summed E-state index contributed by atoms with van der Waals surface area (Å²) in [7, 11) is 0. The smallest absolute Gasteiger partial charge is 0.408 e. The molecule has 4 N–H and O–H groups in total. The van der Waals surface area contributed by atoms with Crippen LogP contribution in [-0.2, 0) is 16.1 Å². The molecule has 0 bridgehead atoms. The van der Waals surface area contributed by atoms with Gasteiger partial charge in [-0.05, 0) is 11.6 Å². The number of phenols is 2. The number of carbonyl (C=O) groups excluding carboxylic acids is 1. The van der Waals surface area contributed by atoms with E-state index >= 15 is 0 Å². The van der Waals surface area contributed by atoms with Crippen LogP contribution < -0.4 is 5.32 Å². The van der Waals surface area contributed by atoms with Gasteiger partial charge in [0, 0.05) is 11.6 Å². The summed E-state index contributed by atoms with van der Waals surface area (Å²) in [6, 6.07) is 9.25. The number of amides is 1. The number of hydrogen-bond acceptors (Lipinski definition) is 5. The molecule has 24 heavy (non-hydrogen) atoms. The number of carboxylic acid groups (broad SMARTS) is 1. The zero-order valence-corrected chi connectivity index (χ0v) is 13.0. The number of alkyl carbamates (subject to hydrolysis) is 1. The summed E-state index contributed by atoms with van der Waals surface area (Å²) in [6.07, 6.45) is -0.963. The maximum absolute atomic E-state index is 11.8. The van der Waals surface area contributed by atoms with E-state index in [0.717, 1.165) is 17.7 Å². The van der Waals surface area contributed by atoms with Crippen LogP contribution in [0.3, 0.4) is 0 Å². The number of aromatic hydroxyl groups is 2. The second-order valence-corrected chi connectivity index (χ2v) is 5.25. The van der Waals surface area contributed by atoms with E-state index in [4.69, 9.17) is 16.3 Å². The predicted molar refractivity (Wildman–Crippen MR) is 84.9 cm³/mol. The summed E-state index contributed by atoms with van der Waals surface area (Å²) in [5.41, 5.74) is 0.649. The first kappa shape index (κ1) is 17.4. The van der Waals surface area contributed by atoms with Gasteiger partial charge in [-0.25, -0.2) is 9.59 Å². The van der Waals surface area contributed by atoms with E-state index in [9.17, 15) is 24.9 Å². The molecule has 0 radical (unpaired) electrons. The molecule has 1 amide bonds. The van der Waals surface area contributed by atoms with Gasteiger partial charge in [0.25, 0.3) is 0 Å². The Hall–Kier alpha value is -2.93. The van der Waals surface area contributed by atoms with E-state index in [1.165, 1.54) is 0 Å². The van der Waals surface area contributed by atoms with Crippen LogP contribution in [0.5, 0.6) is 11.5 Å². The molecule has 0 saturated carbocycles. The normalized spacial score (nSPS) is 11.5. The molecule has 0 aliphatic heterocycles. The molecule has 0 aliphatic carbocycles. The van der Waals surface area contributed by atoms with Gasteiger partial charge < -0.3 is 25.4 Å². The van der Waals surface area contributed by atoms with Crippen LogP contribution in [-0.4, -0.2) is 27.4 Å². The molecule has 2 rings (SSSR count). The van der Waals surface area contributed by atoms with Crippen LogP contribution in [0.1, 0.15) is 17.2 Å². The molecule has 7 nitrogen and oxygen atoms in total. The van der Waals surface area contributed by atoms with Crippen LogP contribution >= 0.6 is 11.6 Å². The zero-order chi connectivity index (χ0) is 17.7. The lowest BCUT2D eigenvalue weighted by Crippen LogP contribution is -2.34. The third-order valence-corrected chi connectivity index (χ3v) is 3.45. The highest BCUT2D eigenvalue weighted by molar-refractivity contribution is 6.31. The molecule has 1 unspecified atom stereocenters. The Morgan fingerprint density at radius 2 is 1.75 bits per heavy atom.